The second-order valence-corrected chi connectivity index (χ2v) is 3.50. The average molecular weight is 242 g/mol. The lowest BCUT2D eigenvalue weighted by Crippen LogP contribution is -2.03. The molecule has 0 aromatic heterocycles. The molecule has 1 aromatic rings. The number of carbonyl (C=O) groups is 1. The van der Waals surface area contributed by atoms with Crippen molar-refractivity contribution in [2.45, 2.75) is 6.42 Å². The van der Waals surface area contributed by atoms with Gasteiger partial charge in [-0.25, -0.2) is 0 Å². The van der Waals surface area contributed by atoms with Crippen molar-refractivity contribution in [3.8, 4) is 11.5 Å². The van der Waals surface area contributed by atoms with Crippen molar-refractivity contribution >= 4 is 17.7 Å². The van der Waals surface area contributed by atoms with Crippen molar-refractivity contribution in [1.82, 2.24) is 0 Å². The Morgan fingerprint density at radius 2 is 2.25 bits per heavy atom. The highest BCUT2D eigenvalue weighted by Gasteiger charge is 2.10. The summed E-state index contributed by atoms with van der Waals surface area (Å²) < 4.78 is 10.4. The molecule has 0 heterocycles. The van der Waals surface area contributed by atoms with E-state index in [0.717, 1.165) is 0 Å². The fourth-order valence-electron chi connectivity index (χ4n) is 1.17. The molecule has 0 fully saturated rings. The van der Waals surface area contributed by atoms with Gasteiger partial charge in [-0.15, -0.1) is 12.6 Å². The first-order chi connectivity index (χ1) is 7.69. The Morgan fingerprint density at radius 3 is 2.81 bits per heavy atom. The maximum Gasteiger partial charge on any atom is 0.220 e. The zero-order valence-corrected chi connectivity index (χ0v) is 9.87. The highest BCUT2D eigenvalue weighted by atomic mass is 32.1. The second kappa shape index (κ2) is 6.40. The minimum absolute atomic E-state index is 0.0497. The summed E-state index contributed by atoms with van der Waals surface area (Å²) >= 11 is 3.76. The number of thiol groups is 1. The first kappa shape index (κ1) is 12.9. The molecular formula is C11H14O4S. The van der Waals surface area contributed by atoms with Crippen molar-refractivity contribution in [2.75, 3.05) is 20.3 Å². The highest BCUT2D eigenvalue weighted by Crippen LogP contribution is 2.26. The van der Waals surface area contributed by atoms with E-state index in [1.807, 2.05) is 0 Å². The van der Waals surface area contributed by atoms with Gasteiger partial charge in [0.1, 0.15) is 11.5 Å². The standard InChI is InChI=1S/C11H14O4S/c1-14-8-3-4-9(11(13)16)10(7-8)15-6-2-5-12/h3-4,7,12H,2,5-6H2,1H3,(H,13,16). The van der Waals surface area contributed by atoms with Crippen molar-refractivity contribution in [1.29, 1.82) is 0 Å². The Labute approximate surface area is 99.6 Å². The number of rotatable bonds is 6. The van der Waals surface area contributed by atoms with Gasteiger partial charge in [0.2, 0.25) is 5.12 Å². The van der Waals surface area contributed by atoms with Gasteiger partial charge in [0, 0.05) is 19.1 Å². The highest BCUT2D eigenvalue weighted by molar-refractivity contribution is 7.97. The molecule has 0 bridgehead atoms. The molecule has 5 heteroatoms. The fourth-order valence-corrected chi connectivity index (χ4v) is 1.36. The minimum Gasteiger partial charge on any atom is -0.497 e. The first-order valence-corrected chi connectivity index (χ1v) is 5.28. The summed E-state index contributed by atoms with van der Waals surface area (Å²) in [4.78, 5) is 11.2. The van der Waals surface area contributed by atoms with E-state index in [4.69, 9.17) is 14.6 Å². The molecule has 0 spiro atoms. The summed E-state index contributed by atoms with van der Waals surface area (Å²) in [7, 11) is 1.54. The fraction of sp³-hybridized carbons (Fsp3) is 0.364. The van der Waals surface area contributed by atoms with Crippen LogP contribution in [0.15, 0.2) is 18.2 Å². The summed E-state index contributed by atoms with van der Waals surface area (Å²) in [6.07, 6.45) is 0.511. The molecule has 1 aromatic carbocycles. The molecule has 0 unspecified atom stereocenters. The van der Waals surface area contributed by atoms with E-state index in [2.05, 4.69) is 12.6 Å². The lowest BCUT2D eigenvalue weighted by molar-refractivity contribution is 0.108. The topological polar surface area (TPSA) is 55.8 Å². The number of carbonyl (C=O) groups excluding carboxylic acids is 1. The predicted molar refractivity (Wildman–Crippen MR) is 63.5 cm³/mol. The van der Waals surface area contributed by atoms with Crippen LogP contribution in [0, 0.1) is 0 Å². The summed E-state index contributed by atoms with van der Waals surface area (Å²) in [5, 5.41) is 8.28. The third-order valence-electron chi connectivity index (χ3n) is 1.98. The lowest BCUT2D eigenvalue weighted by atomic mass is 10.2. The molecule has 0 amide bonds. The normalized spacial score (nSPS) is 9.94. The van der Waals surface area contributed by atoms with Crippen LogP contribution in [0.3, 0.4) is 0 Å². The van der Waals surface area contributed by atoms with Crippen molar-refractivity contribution in [3.63, 3.8) is 0 Å². The molecular weight excluding hydrogens is 228 g/mol. The molecule has 0 saturated carbocycles. The van der Waals surface area contributed by atoms with Crippen molar-refractivity contribution in [2.24, 2.45) is 0 Å². The molecule has 0 aliphatic rings. The third-order valence-corrected chi connectivity index (χ3v) is 2.22. The lowest BCUT2D eigenvalue weighted by Gasteiger charge is -2.10. The van der Waals surface area contributed by atoms with Crippen molar-refractivity contribution < 1.29 is 19.4 Å². The molecule has 0 atom stereocenters. The van der Waals surface area contributed by atoms with E-state index >= 15 is 0 Å². The van der Waals surface area contributed by atoms with Gasteiger partial charge in [-0.1, -0.05) is 0 Å². The Kier molecular flexibility index (Phi) is 5.14. The van der Waals surface area contributed by atoms with Gasteiger partial charge in [0.25, 0.3) is 0 Å². The summed E-state index contributed by atoms with van der Waals surface area (Å²) in [5.41, 5.74) is 0.391. The van der Waals surface area contributed by atoms with E-state index in [-0.39, 0.29) is 11.7 Å². The molecule has 0 saturated heterocycles. The van der Waals surface area contributed by atoms with Crippen LogP contribution in [0.4, 0.5) is 0 Å². The molecule has 1 rings (SSSR count). The summed E-state index contributed by atoms with van der Waals surface area (Å²) in [6, 6.07) is 4.89. The number of benzene rings is 1. The zero-order valence-electron chi connectivity index (χ0n) is 8.97. The van der Waals surface area contributed by atoms with Gasteiger partial charge in [-0.3, -0.25) is 4.79 Å². The Morgan fingerprint density at radius 1 is 1.50 bits per heavy atom. The van der Waals surface area contributed by atoms with Crippen LogP contribution in [0.2, 0.25) is 0 Å². The molecule has 0 aliphatic heterocycles. The number of aliphatic hydroxyl groups excluding tert-OH is 1. The number of hydrogen-bond donors (Lipinski definition) is 2. The minimum atomic E-state index is -0.360. The molecule has 1 N–H and O–H groups in total. The smallest absolute Gasteiger partial charge is 0.220 e. The quantitative estimate of drug-likeness (QED) is 0.586. The van der Waals surface area contributed by atoms with Gasteiger partial charge in [-0.2, -0.15) is 0 Å². The van der Waals surface area contributed by atoms with Crippen LogP contribution in [0.1, 0.15) is 16.8 Å². The Balaban J connectivity index is 2.87. The monoisotopic (exact) mass is 242 g/mol. The third kappa shape index (κ3) is 3.43. The number of hydrogen-bond acceptors (Lipinski definition) is 4. The molecule has 88 valence electrons. The largest absolute Gasteiger partial charge is 0.497 e. The first-order valence-electron chi connectivity index (χ1n) is 4.84. The van der Waals surface area contributed by atoms with Crippen molar-refractivity contribution in [3.05, 3.63) is 23.8 Å². The molecule has 0 aliphatic carbocycles. The van der Waals surface area contributed by atoms with E-state index in [1.54, 1.807) is 18.2 Å². The van der Waals surface area contributed by atoms with Crippen LogP contribution < -0.4 is 9.47 Å². The van der Waals surface area contributed by atoms with Crippen LogP contribution in [0.25, 0.3) is 0 Å². The summed E-state index contributed by atoms with van der Waals surface area (Å²) in [5.74, 6) is 1.03. The average Bonchev–Trinajstić information content (AvgIpc) is 2.29. The molecule has 4 nitrogen and oxygen atoms in total. The Bertz CT molecular complexity index is 365. The van der Waals surface area contributed by atoms with Gasteiger partial charge < -0.3 is 14.6 Å². The van der Waals surface area contributed by atoms with E-state index in [0.29, 0.717) is 30.1 Å². The SMILES string of the molecule is COc1ccc(C(=O)S)c(OCCCO)c1. The van der Waals surface area contributed by atoms with E-state index in [1.165, 1.54) is 7.11 Å². The van der Waals surface area contributed by atoms with Gasteiger partial charge >= 0.3 is 0 Å². The Hall–Kier alpha value is -1.20. The van der Waals surface area contributed by atoms with E-state index in [9.17, 15) is 4.79 Å². The molecule has 0 radical (unpaired) electrons. The molecule has 16 heavy (non-hydrogen) atoms. The summed E-state index contributed by atoms with van der Waals surface area (Å²) in [6.45, 7) is 0.395. The maximum absolute atomic E-state index is 11.2. The van der Waals surface area contributed by atoms with Crippen LogP contribution in [0.5, 0.6) is 11.5 Å². The number of ether oxygens (including phenoxy) is 2. The van der Waals surface area contributed by atoms with Gasteiger partial charge in [0.15, 0.2) is 0 Å². The van der Waals surface area contributed by atoms with Crippen LogP contribution in [-0.4, -0.2) is 30.5 Å². The van der Waals surface area contributed by atoms with Gasteiger partial charge in [0.05, 0.1) is 19.3 Å². The second-order valence-electron chi connectivity index (χ2n) is 3.09. The van der Waals surface area contributed by atoms with Gasteiger partial charge in [-0.05, 0) is 12.1 Å². The maximum atomic E-state index is 11.2. The van der Waals surface area contributed by atoms with Crippen LogP contribution >= 0.6 is 12.6 Å². The predicted octanol–water partition coefficient (Wildman–Crippen LogP) is 1.53. The number of aliphatic hydroxyl groups is 1. The van der Waals surface area contributed by atoms with Crippen LogP contribution in [-0.2, 0) is 0 Å². The zero-order chi connectivity index (χ0) is 12.0. The number of methoxy groups -OCH3 is 1. The van der Waals surface area contributed by atoms with E-state index < -0.39 is 0 Å².